The van der Waals surface area contributed by atoms with Gasteiger partial charge in [0.15, 0.2) is 8.32 Å². The van der Waals surface area contributed by atoms with Crippen LogP contribution >= 0.6 is 0 Å². The van der Waals surface area contributed by atoms with Crippen LogP contribution in [0.3, 0.4) is 0 Å². The van der Waals surface area contributed by atoms with Crippen LogP contribution in [0.5, 0.6) is 0 Å². The highest BCUT2D eigenvalue weighted by molar-refractivity contribution is 6.69. The van der Waals surface area contributed by atoms with Crippen LogP contribution in [0.15, 0.2) is 12.2 Å². The van der Waals surface area contributed by atoms with Crippen molar-refractivity contribution in [3.8, 4) is 0 Å². The van der Waals surface area contributed by atoms with E-state index in [1.807, 2.05) is 0 Å². The molecule has 2 amide bonds. The summed E-state index contributed by atoms with van der Waals surface area (Å²) in [6.45, 7) is 12.1. The Morgan fingerprint density at radius 1 is 0.621 bits per heavy atom. The van der Waals surface area contributed by atoms with E-state index in [1.165, 1.54) is 12.2 Å². The third kappa shape index (κ3) is 14.5. The minimum atomic E-state index is -1.45. The lowest BCUT2D eigenvalue weighted by Gasteiger charge is -2.16. The molecule has 0 saturated heterocycles. The van der Waals surface area contributed by atoms with Crippen molar-refractivity contribution < 1.29 is 37.7 Å². The Kier molecular flexibility index (Phi) is 14.0. The molecule has 0 fully saturated rings. The molecule has 0 N–H and O–H groups in total. The lowest BCUT2D eigenvalue weighted by atomic mass is 10.5. The summed E-state index contributed by atoms with van der Waals surface area (Å²) in [6.07, 6.45) is 2.52. The number of imide groups is 1. The molecular formula is C19H35NO8Si. The minimum absolute atomic E-state index is 0.255. The third-order valence-corrected chi connectivity index (χ3v) is 4.68. The molecule has 168 valence electrons. The van der Waals surface area contributed by atoms with Crippen molar-refractivity contribution in [3.63, 3.8) is 0 Å². The van der Waals surface area contributed by atoms with Crippen LogP contribution in [0.2, 0.25) is 19.6 Å². The topological polar surface area (TPSA) is 92.8 Å². The minimum Gasteiger partial charge on any atom is -0.415 e. The molecular weight excluding hydrogens is 398 g/mol. The fraction of sp³-hybridized carbons (Fsp3) is 0.789. The molecule has 0 unspecified atom stereocenters. The zero-order chi connectivity index (χ0) is 21.4. The second-order valence-corrected chi connectivity index (χ2v) is 11.7. The zero-order valence-electron chi connectivity index (χ0n) is 17.9. The van der Waals surface area contributed by atoms with Crippen LogP contribution in [-0.4, -0.2) is 104 Å². The highest BCUT2D eigenvalue weighted by Crippen LogP contribution is 2.02. The smallest absolute Gasteiger partial charge is 0.253 e. The Bertz CT molecular complexity index is 477. The third-order valence-electron chi connectivity index (χ3n) is 3.61. The molecule has 0 radical (unpaired) electrons. The van der Waals surface area contributed by atoms with Gasteiger partial charge in [0.05, 0.1) is 79.2 Å². The van der Waals surface area contributed by atoms with Gasteiger partial charge in [0, 0.05) is 12.2 Å². The van der Waals surface area contributed by atoms with Crippen LogP contribution in [0, 0.1) is 0 Å². The monoisotopic (exact) mass is 433 g/mol. The maximum Gasteiger partial charge on any atom is 0.253 e. The Hall–Kier alpha value is -1.14. The molecule has 0 saturated carbocycles. The van der Waals surface area contributed by atoms with Crippen molar-refractivity contribution in [2.24, 2.45) is 0 Å². The van der Waals surface area contributed by atoms with Gasteiger partial charge in [-0.25, -0.2) is 0 Å². The van der Waals surface area contributed by atoms with Gasteiger partial charge in [0.2, 0.25) is 0 Å². The van der Waals surface area contributed by atoms with E-state index in [-0.39, 0.29) is 18.4 Å². The van der Waals surface area contributed by atoms with Gasteiger partial charge in [0.1, 0.15) is 0 Å². The van der Waals surface area contributed by atoms with E-state index in [0.717, 1.165) is 4.90 Å². The maximum absolute atomic E-state index is 11.3. The van der Waals surface area contributed by atoms with Gasteiger partial charge in [-0.1, -0.05) is 0 Å². The number of amides is 2. The SMILES string of the molecule is C[Si](C)(C)OCCOCCOCCOCCOCCOCCN1C(=O)C=CC1=O. The standard InChI is InChI=1S/C19H35NO8Si/c1-29(2,3)28-17-16-27-15-14-26-13-12-25-11-10-24-9-8-23-7-6-20-18(21)4-5-19(20)22/h4-5H,6-17H2,1-3H3. The summed E-state index contributed by atoms with van der Waals surface area (Å²) in [5.41, 5.74) is 0. The summed E-state index contributed by atoms with van der Waals surface area (Å²) in [4.78, 5) is 23.8. The van der Waals surface area contributed by atoms with E-state index in [0.29, 0.717) is 72.7 Å². The lowest BCUT2D eigenvalue weighted by Crippen LogP contribution is -2.33. The van der Waals surface area contributed by atoms with Crippen molar-refractivity contribution >= 4 is 20.1 Å². The largest absolute Gasteiger partial charge is 0.415 e. The first-order valence-electron chi connectivity index (χ1n) is 9.96. The van der Waals surface area contributed by atoms with Crippen molar-refractivity contribution in [2.45, 2.75) is 19.6 Å². The summed E-state index contributed by atoms with van der Waals surface area (Å²) >= 11 is 0. The molecule has 1 heterocycles. The quantitative estimate of drug-likeness (QED) is 0.168. The highest BCUT2D eigenvalue weighted by atomic mass is 28.4. The normalized spacial score (nSPS) is 14.4. The number of ether oxygens (including phenoxy) is 5. The zero-order valence-corrected chi connectivity index (χ0v) is 18.9. The number of nitrogens with zero attached hydrogens (tertiary/aromatic N) is 1. The first-order valence-corrected chi connectivity index (χ1v) is 13.4. The van der Waals surface area contributed by atoms with Crippen molar-refractivity contribution in [3.05, 3.63) is 12.2 Å². The van der Waals surface area contributed by atoms with Crippen molar-refractivity contribution in [2.75, 3.05) is 79.2 Å². The van der Waals surface area contributed by atoms with Crippen LogP contribution in [0.25, 0.3) is 0 Å². The number of rotatable bonds is 19. The molecule has 10 heteroatoms. The number of hydrogen-bond donors (Lipinski definition) is 0. The van der Waals surface area contributed by atoms with Gasteiger partial charge in [-0.2, -0.15) is 0 Å². The van der Waals surface area contributed by atoms with Crippen molar-refractivity contribution in [1.82, 2.24) is 4.90 Å². The Labute approximate surface area is 174 Å². The predicted molar refractivity (Wildman–Crippen MR) is 109 cm³/mol. The van der Waals surface area contributed by atoms with E-state index in [1.54, 1.807) is 0 Å². The summed E-state index contributed by atoms with van der Waals surface area (Å²) in [6, 6.07) is 0. The molecule has 0 atom stereocenters. The second-order valence-electron chi connectivity index (χ2n) is 7.18. The first kappa shape index (κ1) is 25.9. The van der Waals surface area contributed by atoms with Crippen LogP contribution in [0.1, 0.15) is 0 Å². The molecule has 0 aliphatic carbocycles. The molecule has 1 aliphatic rings. The van der Waals surface area contributed by atoms with Crippen LogP contribution in [-0.2, 0) is 37.7 Å². The average Bonchev–Trinajstić information content (AvgIpc) is 2.98. The molecule has 0 aromatic rings. The van der Waals surface area contributed by atoms with E-state index in [4.69, 9.17) is 28.1 Å². The van der Waals surface area contributed by atoms with E-state index in [9.17, 15) is 9.59 Å². The summed E-state index contributed by atoms with van der Waals surface area (Å²) in [7, 11) is -1.45. The fourth-order valence-electron chi connectivity index (χ4n) is 2.20. The molecule has 0 aromatic heterocycles. The Balaban J connectivity index is 1.72. The Morgan fingerprint density at radius 2 is 0.966 bits per heavy atom. The van der Waals surface area contributed by atoms with Crippen LogP contribution < -0.4 is 0 Å². The lowest BCUT2D eigenvalue weighted by molar-refractivity contribution is -0.137. The second kappa shape index (κ2) is 15.7. The van der Waals surface area contributed by atoms with Gasteiger partial charge in [0.25, 0.3) is 11.8 Å². The molecule has 29 heavy (non-hydrogen) atoms. The first-order chi connectivity index (χ1) is 13.9. The van der Waals surface area contributed by atoms with Gasteiger partial charge in [-0.05, 0) is 19.6 Å². The molecule has 0 spiro atoms. The van der Waals surface area contributed by atoms with Gasteiger partial charge in [-0.3, -0.25) is 14.5 Å². The van der Waals surface area contributed by atoms with Gasteiger partial charge < -0.3 is 28.1 Å². The number of hydrogen-bond acceptors (Lipinski definition) is 8. The predicted octanol–water partition coefficient (Wildman–Crippen LogP) is 0.846. The average molecular weight is 434 g/mol. The molecule has 1 rings (SSSR count). The Morgan fingerprint density at radius 3 is 1.34 bits per heavy atom. The van der Waals surface area contributed by atoms with Gasteiger partial charge in [-0.15, -0.1) is 0 Å². The van der Waals surface area contributed by atoms with E-state index >= 15 is 0 Å². The summed E-state index contributed by atoms with van der Waals surface area (Å²) < 4.78 is 32.6. The summed E-state index contributed by atoms with van der Waals surface area (Å²) in [5.74, 6) is -0.592. The molecule has 0 aromatic carbocycles. The van der Waals surface area contributed by atoms with Crippen LogP contribution in [0.4, 0.5) is 0 Å². The van der Waals surface area contributed by atoms with Gasteiger partial charge >= 0.3 is 0 Å². The number of carbonyl (C=O) groups is 2. The maximum atomic E-state index is 11.3. The number of carbonyl (C=O) groups excluding carboxylic acids is 2. The molecule has 9 nitrogen and oxygen atoms in total. The fourth-order valence-corrected chi connectivity index (χ4v) is 2.89. The van der Waals surface area contributed by atoms with E-state index in [2.05, 4.69) is 19.6 Å². The summed E-state index contributed by atoms with van der Waals surface area (Å²) in [5, 5.41) is 0. The molecule has 1 aliphatic heterocycles. The highest BCUT2D eigenvalue weighted by Gasteiger charge is 2.22. The van der Waals surface area contributed by atoms with E-state index < -0.39 is 8.32 Å². The van der Waals surface area contributed by atoms with Crippen molar-refractivity contribution in [1.29, 1.82) is 0 Å². The molecule has 0 bridgehead atoms.